The fraction of sp³-hybridized carbons (Fsp3) is 0.167. The predicted molar refractivity (Wildman–Crippen MR) is 121 cm³/mol. The zero-order valence-corrected chi connectivity index (χ0v) is 17.4. The molecule has 2 amide bonds. The SMILES string of the molecule is COc1cccc(N2C[C@@H](C(=O)Nc3ccc(-c4cn5cccnc5n4)cc3)CC2=O)c1. The Morgan fingerprint density at radius 3 is 2.78 bits per heavy atom. The molecule has 1 saturated heterocycles. The molecule has 1 fully saturated rings. The van der Waals surface area contributed by atoms with Crippen LogP contribution in [0.4, 0.5) is 11.4 Å². The number of aromatic nitrogens is 3. The summed E-state index contributed by atoms with van der Waals surface area (Å²) in [6, 6.07) is 16.6. The topological polar surface area (TPSA) is 88.8 Å². The number of rotatable bonds is 5. The first kappa shape index (κ1) is 19.7. The van der Waals surface area contributed by atoms with Crippen LogP contribution < -0.4 is 15.0 Å². The van der Waals surface area contributed by atoms with Crippen LogP contribution in [0.5, 0.6) is 5.75 Å². The fourth-order valence-electron chi connectivity index (χ4n) is 3.85. The summed E-state index contributed by atoms with van der Waals surface area (Å²) in [5, 5.41) is 2.92. The highest BCUT2D eigenvalue weighted by Gasteiger charge is 2.35. The van der Waals surface area contributed by atoms with E-state index >= 15 is 0 Å². The van der Waals surface area contributed by atoms with Gasteiger partial charge in [-0.05, 0) is 30.3 Å². The maximum Gasteiger partial charge on any atom is 0.234 e. The van der Waals surface area contributed by atoms with Crippen molar-refractivity contribution in [3.63, 3.8) is 0 Å². The van der Waals surface area contributed by atoms with Gasteiger partial charge in [0.05, 0.1) is 18.7 Å². The molecular weight excluding hydrogens is 406 g/mol. The zero-order chi connectivity index (χ0) is 22.1. The molecule has 160 valence electrons. The highest BCUT2D eigenvalue weighted by molar-refractivity contribution is 6.03. The van der Waals surface area contributed by atoms with Gasteiger partial charge in [0.25, 0.3) is 0 Å². The third kappa shape index (κ3) is 3.78. The molecule has 0 unspecified atom stereocenters. The molecule has 0 bridgehead atoms. The number of benzene rings is 2. The molecule has 3 heterocycles. The minimum Gasteiger partial charge on any atom is -0.497 e. The Kier molecular flexibility index (Phi) is 5.03. The standard InChI is InChI=1S/C24H21N5O3/c1-32-20-5-2-4-19(13-20)29-14-17(12-22(29)30)23(31)26-18-8-6-16(7-9-18)21-15-28-11-3-10-25-24(28)27-21/h2-11,13,15,17H,12,14H2,1H3,(H,26,31)/t17-/m0/s1. The number of hydrogen-bond donors (Lipinski definition) is 1. The quantitative estimate of drug-likeness (QED) is 0.527. The van der Waals surface area contributed by atoms with Gasteiger partial charge >= 0.3 is 0 Å². The van der Waals surface area contributed by atoms with Crippen LogP contribution in [0.2, 0.25) is 0 Å². The minimum absolute atomic E-state index is 0.0748. The largest absolute Gasteiger partial charge is 0.497 e. The van der Waals surface area contributed by atoms with Gasteiger partial charge in [-0.2, -0.15) is 0 Å². The Balaban J connectivity index is 1.26. The van der Waals surface area contributed by atoms with E-state index in [2.05, 4.69) is 15.3 Å². The van der Waals surface area contributed by atoms with E-state index < -0.39 is 5.92 Å². The van der Waals surface area contributed by atoms with Crippen LogP contribution in [0.3, 0.4) is 0 Å². The highest BCUT2D eigenvalue weighted by atomic mass is 16.5. The lowest BCUT2D eigenvalue weighted by Crippen LogP contribution is -2.28. The fourth-order valence-corrected chi connectivity index (χ4v) is 3.85. The number of anilines is 2. The molecular formula is C24H21N5O3. The Morgan fingerprint density at radius 2 is 2.00 bits per heavy atom. The van der Waals surface area contributed by atoms with Crippen LogP contribution in [-0.4, -0.2) is 39.8 Å². The second-order valence-corrected chi connectivity index (χ2v) is 7.63. The van der Waals surface area contributed by atoms with E-state index in [1.807, 2.05) is 65.3 Å². The van der Waals surface area contributed by atoms with Crippen molar-refractivity contribution in [2.24, 2.45) is 5.92 Å². The lowest BCUT2D eigenvalue weighted by atomic mass is 10.1. The third-order valence-electron chi connectivity index (χ3n) is 5.54. The average Bonchev–Trinajstić information content (AvgIpc) is 3.43. The van der Waals surface area contributed by atoms with Crippen molar-refractivity contribution in [1.29, 1.82) is 0 Å². The van der Waals surface area contributed by atoms with Crippen molar-refractivity contribution in [1.82, 2.24) is 14.4 Å². The predicted octanol–water partition coefficient (Wildman–Crippen LogP) is 3.40. The molecule has 8 nitrogen and oxygen atoms in total. The molecule has 0 spiro atoms. The van der Waals surface area contributed by atoms with Crippen LogP contribution in [0.25, 0.3) is 17.0 Å². The van der Waals surface area contributed by atoms with Gasteiger partial charge in [0.15, 0.2) is 0 Å². The molecule has 0 aliphatic carbocycles. The van der Waals surface area contributed by atoms with Gasteiger partial charge in [0, 0.05) is 54.6 Å². The van der Waals surface area contributed by atoms with Gasteiger partial charge in [-0.25, -0.2) is 9.97 Å². The van der Waals surface area contributed by atoms with Gasteiger partial charge in [0.2, 0.25) is 17.6 Å². The molecule has 32 heavy (non-hydrogen) atoms. The second kappa shape index (κ2) is 8.14. The first-order valence-electron chi connectivity index (χ1n) is 10.3. The summed E-state index contributed by atoms with van der Waals surface area (Å²) in [6.45, 7) is 0.337. The number of ether oxygens (including phenoxy) is 1. The average molecular weight is 427 g/mol. The van der Waals surface area contributed by atoms with Crippen LogP contribution in [-0.2, 0) is 9.59 Å². The summed E-state index contributed by atoms with van der Waals surface area (Å²) in [5.74, 6) is 0.636. The van der Waals surface area contributed by atoms with E-state index in [4.69, 9.17) is 4.74 Å². The maximum absolute atomic E-state index is 12.8. The second-order valence-electron chi connectivity index (χ2n) is 7.63. The molecule has 0 radical (unpaired) electrons. The minimum atomic E-state index is -0.419. The smallest absolute Gasteiger partial charge is 0.234 e. The molecule has 0 saturated carbocycles. The van der Waals surface area contributed by atoms with Crippen molar-refractivity contribution in [3.05, 3.63) is 73.2 Å². The maximum atomic E-state index is 12.8. The molecule has 1 N–H and O–H groups in total. The summed E-state index contributed by atoms with van der Waals surface area (Å²) in [6.07, 6.45) is 5.68. The van der Waals surface area contributed by atoms with Gasteiger partial charge in [-0.15, -0.1) is 0 Å². The van der Waals surface area contributed by atoms with E-state index in [1.54, 1.807) is 24.3 Å². The first-order valence-corrected chi connectivity index (χ1v) is 10.3. The van der Waals surface area contributed by atoms with E-state index in [0.717, 1.165) is 16.9 Å². The van der Waals surface area contributed by atoms with Crippen molar-refractivity contribution in [2.75, 3.05) is 23.9 Å². The molecule has 1 aliphatic rings. The van der Waals surface area contributed by atoms with E-state index in [1.165, 1.54) is 0 Å². The third-order valence-corrected chi connectivity index (χ3v) is 5.54. The molecule has 1 atom stereocenters. The van der Waals surface area contributed by atoms with Crippen molar-refractivity contribution < 1.29 is 14.3 Å². The van der Waals surface area contributed by atoms with Crippen molar-refractivity contribution in [2.45, 2.75) is 6.42 Å². The van der Waals surface area contributed by atoms with Crippen LogP contribution >= 0.6 is 0 Å². The van der Waals surface area contributed by atoms with Gasteiger partial charge in [-0.1, -0.05) is 18.2 Å². The van der Waals surface area contributed by atoms with E-state index in [0.29, 0.717) is 23.8 Å². The number of fused-ring (bicyclic) bond motifs is 1. The van der Waals surface area contributed by atoms with Crippen LogP contribution in [0, 0.1) is 5.92 Å². The zero-order valence-electron chi connectivity index (χ0n) is 17.4. The molecule has 8 heteroatoms. The Morgan fingerprint density at radius 1 is 1.16 bits per heavy atom. The Bertz CT molecular complexity index is 1270. The number of amides is 2. The monoisotopic (exact) mass is 427 g/mol. The Labute approximate surface area is 184 Å². The molecule has 5 rings (SSSR count). The molecule has 1 aliphatic heterocycles. The summed E-state index contributed by atoms with van der Waals surface area (Å²) < 4.78 is 7.09. The number of carbonyl (C=O) groups is 2. The lowest BCUT2D eigenvalue weighted by Gasteiger charge is -2.17. The van der Waals surface area contributed by atoms with E-state index in [9.17, 15) is 9.59 Å². The summed E-state index contributed by atoms with van der Waals surface area (Å²) in [7, 11) is 1.58. The molecule has 2 aromatic carbocycles. The summed E-state index contributed by atoms with van der Waals surface area (Å²) in [5.41, 5.74) is 3.13. The molecule has 4 aromatic rings. The van der Waals surface area contributed by atoms with Crippen molar-refractivity contribution >= 4 is 29.0 Å². The number of nitrogens with zero attached hydrogens (tertiary/aromatic N) is 4. The van der Waals surface area contributed by atoms with Crippen molar-refractivity contribution in [3.8, 4) is 17.0 Å². The number of imidazole rings is 1. The van der Waals surface area contributed by atoms with Crippen LogP contribution in [0.15, 0.2) is 73.2 Å². The Hall–Kier alpha value is -4.20. The number of methoxy groups -OCH3 is 1. The number of carbonyl (C=O) groups excluding carboxylic acids is 2. The van der Waals surface area contributed by atoms with Crippen LogP contribution in [0.1, 0.15) is 6.42 Å². The van der Waals surface area contributed by atoms with E-state index in [-0.39, 0.29) is 18.2 Å². The number of nitrogens with one attached hydrogen (secondary N) is 1. The molecule has 2 aromatic heterocycles. The summed E-state index contributed by atoms with van der Waals surface area (Å²) >= 11 is 0. The van der Waals surface area contributed by atoms with Gasteiger partial charge in [-0.3, -0.25) is 14.0 Å². The lowest BCUT2D eigenvalue weighted by molar-refractivity contribution is -0.122. The normalized spacial score (nSPS) is 15.8. The highest BCUT2D eigenvalue weighted by Crippen LogP contribution is 2.29. The number of hydrogen-bond acceptors (Lipinski definition) is 5. The first-order chi connectivity index (χ1) is 15.6. The van der Waals surface area contributed by atoms with Gasteiger partial charge in [0.1, 0.15) is 5.75 Å². The van der Waals surface area contributed by atoms with Gasteiger partial charge < -0.3 is 15.0 Å². The summed E-state index contributed by atoms with van der Waals surface area (Å²) in [4.78, 5) is 35.7.